The number of hydrogen-bond donors (Lipinski definition) is 2. The van der Waals surface area contributed by atoms with Gasteiger partial charge in [-0.05, 0) is 31.4 Å². The summed E-state index contributed by atoms with van der Waals surface area (Å²) in [6.07, 6.45) is 5.67. The van der Waals surface area contributed by atoms with Gasteiger partial charge in [0.1, 0.15) is 5.54 Å². The molecule has 1 aliphatic rings. The summed E-state index contributed by atoms with van der Waals surface area (Å²) in [6.45, 7) is 1.97. The molecule has 1 aromatic heterocycles. The Morgan fingerprint density at radius 1 is 1.26 bits per heavy atom. The lowest BCUT2D eigenvalue weighted by Gasteiger charge is -2.24. The van der Waals surface area contributed by atoms with E-state index in [0.29, 0.717) is 18.4 Å². The standard InChI is InChI=1S/C17H19N3O3/c1-12-6-2-3-7-14(12)20-11-13(10-18-20)15(21)19-17(16(22)23)8-4-5-9-17/h2-3,6-7,10-11H,4-5,8-9H2,1H3,(H,19,21)(H,22,23). The highest BCUT2D eigenvalue weighted by Crippen LogP contribution is 2.30. The second-order valence-electron chi connectivity index (χ2n) is 6.01. The predicted octanol–water partition coefficient (Wildman–Crippen LogP) is 2.31. The summed E-state index contributed by atoms with van der Waals surface area (Å²) in [7, 11) is 0. The Kier molecular flexibility index (Phi) is 3.90. The van der Waals surface area contributed by atoms with Crippen molar-refractivity contribution in [2.45, 2.75) is 38.1 Å². The monoisotopic (exact) mass is 313 g/mol. The number of carbonyl (C=O) groups is 2. The molecule has 2 N–H and O–H groups in total. The molecule has 0 bridgehead atoms. The zero-order valence-electron chi connectivity index (χ0n) is 13.0. The maximum absolute atomic E-state index is 12.4. The van der Waals surface area contributed by atoms with Crippen LogP contribution < -0.4 is 5.32 Å². The Bertz CT molecular complexity index is 745. The van der Waals surface area contributed by atoms with Crippen molar-refractivity contribution in [3.05, 3.63) is 47.8 Å². The Balaban J connectivity index is 1.82. The minimum absolute atomic E-state index is 0.362. The smallest absolute Gasteiger partial charge is 0.329 e. The van der Waals surface area contributed by atoms with Crippen molar-refractivity contribution in [1.29, 1.82) is 0 Å². The van der Waals surface area contributed by atoms with Crippen LogP contribution in [0.15, 0.2) is 36.7 Å². The van der Waals surface area contributed by atoms with Crippen LogP contribution in [-0.4, -0.2) is 32.3 Å². The molecule has 23 heavy (non-hydrogen) atoms. The average Bonchev–Trinajstić information content (AvgIpc) is 3.17. The molecular weight excluding hydrogens is 294 g/mol. The maximum atomic E-state index is 12.4. The van der Waals surface area contributed by atoms with E-state index in [1.165, 1.54) is 6.20 Å². The topological polar surface area (TPSA) is 84.2 Å². The molecule has 0 radical (unpaired) electrons. The van der Waals surface area contributed by atoms with Gasteiger partial charge < -0.3 is 10.4 Å². The third-order valence-electron chi connectivity index (χ3n) is 4.43. The molecular formula is C17H19N3O3. The minimum Gasteiger partial charge on any atom is -0.480 e. The normalized spacial score (nSPS) is 16.2. The van der Waals surface area contributed by atoms with Crippen molar-refractivity contribution in [3.63, 3.8) is 0 Å². The van der Waals surface area contributed by atoms with Crippen LogP contribution >= 0.6 is 0 Å². The summed E-state index contributed by atoms with van der Waals surface area (Å²) in [5.41, 5.74) is 1.16. The molecule has 2 aromatic rings. The molecule has 0 spiro atoms. The largest absolute Gasteiger partial charge is 0.480 e. The number of amides is 1. The number of rotatable bonds is 4. The lowest BCUT2D eigenvalue weighted by atomic mass is 9.97. The number of nitrogens with zero attached hydrogens (tertiary/aromatic N) is 2. The molecule has 0 saturated heterocycles. The zero-order chi connectivity index (χ0) is 16.4. The molecule has 0 aliphatic heterocycles. The van der Waals surface area contributed by atoms with Gasteiger partial charge in [-0.3, -0.25) is 4.79 Å². The number of carboxylic acids is 1. The van der Waals surface area contributed by atoms with Gasteiger partial charge in [-0.1, -0.05) is 31.0 Å². The first-order valence-corrected chi connectivity index (χ1v) is 7.68. The van der Waals surface area contributed by atoms with Crippen molar-refractivity contribution >= 4 is 11.9 Å². The summed E-state index contributed by atoms with van der Waals surface area (Å²) in [6, 6.07) is 7.73. The number of benzene rings is 1. The fraction of sp³-hybridized carbons (Fsp3) is 0.353. The molecule has 0 atom stereocenters. The van der Waals surface area contributed by atoms with Crippen LogP contribution in [0.1, 0.15) is 41.6 Å². The first-order valence-electron chi connectivity index (χ1n) is 7.68. The molecule has 120 valence electrons. The fourth-order valence-corrected chi connectivity index (χ4v) is 3.05. The second-order valence-corrected chi connectivity index (χ2v) is 6.01. The zero-order valence-corrected chi connectivity index (χ0v) is 13.0. The van der Waals surface area contributed by atoms with E-state index in [2.05, 4.69) is 10.4 Å². The lowest BCUT2D eigenvalue weighted by Crippen LogP contribution is -2.52. The van der Waals surface area contributed by atoms with E-state index in [-0.39, 0.29) is 0 Å². The Labute approximate surface area is 134 Å². The van der Waals surface area contributed by atoms with Crippen molar-refractivity contribution in [3.8, 4) is 5.69 Å². The molecule has 1 heterocycles. The number of aryl methyl sites for hydroxylation is 1. The SMILES string of the molecule is Cc1ccccc1-n1cc(C(=O)NC2(C(=O)O)CCCC2)cn1. The molecule has 1 aromatic carbocycles. The van der Waals surface area contributed by atoms with E-state index in [9.17, 15) is 14.7 Å². The number of aromatic nitrogens is 2. The van der Waals surface area contributed by atoms with Crippen molar-refractivity contribution in [1.82, 2.24) is 15.1 Å². The number of carbonyl (C=O) groups excluding carboxylic acids is 1. The second kappa shape index (κ2) is 5.87. The molecule has 1 aliphatic carbocycles. The summed E-state index contributed by atoms with van der Waals surface area (Å²) in [5, 5.41) is 16.4. The Morgan fingerprint density at radius 2 is 1.96 bits per heavy atom. The Hall–Kier alpha value is -2.63. The first-order chi connectivity index (χ1) is 11.0. The number of hydrogen-bond acceptors (Lipinski definition) is 3. The molecule has 6 nitrogen and oxygen atoms in total. The van der Waals surface area contributed by atoms with E-state index in [4.69, 9.17) is 0 Å². The van der Waals surface area contributed by atoms with Gasteiger partial charge in [-0.15, -0.1) is 0 Å². The number of para-hydroxylation sites is 1. The van der Waals surface area contributed by atoms with Crippen LogP contribution in [0.2, 0.25) is 0 Å². The van der Waals surface area contributed by atoms with Crippen molar-refractivity contribution in [2.24, 2.45) is 0 Å². The fourth-order valence-electron chi connectivity index (χ4n) is 3.05. The highest BCUT2D eigenvalue weighted by molar-refractivity contribution is 5.97. The van der Waals surface area contributed by atoms with E-state index in [1.54, 1.807) is 10.9 Å². The van der Waals surface area contributed by atoms with Gasteiger partial charge in [-0.2, -0.15) is 5.10 Å². The van der Waals surface area contributed by atoms with Crippen molar-refractivity contribution in [2.75, 3.05) is 0 Å². The lowest BCUT2D eigenvalue weighted by molar-refractivity contribution is -0.144. The van der Waals surface area contributed by atoms with Crippen LogP contribution in [-0.2, 0) is 4.79 Å². The van der Waals surface area contributed by atoms with Gasteiger partial charge in [0, 0.05) is 6.20 Å². The van der Waals surface area contributed by atoms with Gasteiger partial charge >= 0.3 is 5.97 Å². The van der Waals surface area contributed by atoms with Crippen LogP contribution in [0.5, 0.6) is 0 Å². The highest BCUT2D eigenvalue weighted by atomic mass is 16.4. The predicted molar refractivity (Wildman–Crippen MR) is 84.6 cm³/mol. The third kappa shape index (κ3) is 2.84. The minimum atomic E-state index is -1.14. The van der Waals surface area contributed by atoms with Gasteiger partial charge in [0.2, 0.25) is 0 Å². The summed E-state index contributed by atoms with van der Waals surface area (Å²) in [5.74, 6) is -1.36. The molecule has 1 amide bonds. The summed E-state index contributed by atoms with van der Waals surface area (Å²) >= 11 is 0. The maximum Gasteiger partial charge on any atom is 0.329 e. The number of aliphatic carboxylic acids is 1. The third-order valence-corrected chi connectivity index (χ3v) is 4.43. The van der Waals surface area contributed by atoms with E-state index >= 15 is 0 Å². The van der Waals surface area contributed by atoms with Crippen LogP contribution in [0.4, 0.5) is 0 Å². The van der Waals surface area contributed by atoms with Gasteiger partial charge in [-0.25, -0.2) is 9.48 Å². The quantitative estimate of drug-likeness (QED) is 0.907. The van der Waals surface area contributed by atoms with Gasteiger partial charge in [0.15, 0.2) is 0 Å². The molecule has 0 unspecified atom stereocenters. The number of carboxylic acid groups (broad SMARTS) is 1. The molecule has 1 fully saturated rings. The summed E-state index contributed by atoms with van der Waals surface area (Å²) < 4.78 is 1.63. The van der Waals surface area contributed by atoms with Crippen molar-refractivity contribution < 1.29 is 14.7 Å². The molecule has 3 rings (SSSR count). The Morgan fingerprint density at radius 3 is 2.61 bits per heavy atom. The van der Waals surface area contributed by atoms with Crippen LogP contribution in [0, 0.1) is 6.92 Å². The van der Waals surface area contributed by atoms with E-state index in [0.717, 1.165) is 24.1 Å². The van der Waals surface area contributed by atoms with E-state index < -0.39 is 17.4 Å². The highest BCUT2D eigenvalue weighted by Gasteiger charge is 2.42. The van der Waals surface area contributed by atoms with Gasteiger partial charge in [0.05, 0.1) is 17.4 Å². The van der Waals surface area contributed by atoms with Crippen LogP contribution in [0.25, 0.3) is 5.69 Å². The number of nitrogens with one attached hydrogen (secondary N) is 1. The summed E-state index contributed by atoms with van der Waals surface area (Å²) in [4.78, 5) is 23.9. The van der Waals surface area contributed by atoms with Gasteiger partial charge in [0.25, 0.3) is 5.91 Å². The molecule has 1 saturated carbocycles. The van der Waals surface area contributed by atoms with Crippen LogP contribution in [0.3, 0.4) is 0 Å². The average molecular weight is 313 g/mol. The van der Waals surface area contributed by atoms with E-state index in [1.807, 2.05) is 31.2 Å². The molecule has 6 heteroatoms. The first kappa shape index (κ1) is 15.3.